The Hall–Kier alpha value is -2.13. The molecule has 2 aromatic heterocycles. The summed E-state index contributed by atoms with van der Waals surface area (Å²) in [5.74, 6) is 1.21. The van der Waals surface area contributed by atoms with Gasteiger partial charge in [-0.3, -0.25) is 4.79 Å². The largest absolute Gasteiger partial charge is 0.467 e. The number of nitrogens with zero attached hydrogens (tertiary/aromatic N) is 3. The van der Waals surface area contributed by atoms with Crippen LogP contribution in [0.2, 0.25) is 0 Å². The third kappa shape index (κ3) is 3.83. The number of aryl methyl sites for hydroxylation is 1. The van der Waals surface area contributed by atoms with Gasteiger partial charge >= 0.3 is 0 Å². The van der Waals surface area contributed by atoms with Crippen LogP contribution in [0, 0.1) is 13.8 Å². The van der Waals surface area contributed by atoms with Crippen molar-refractivity contribution in [3.05, 3.63) is 41.4 Å². The predicted octanol–water partition coefficient (Wildman–Crippen LogP) is 1.62. The fourth-order valence-electron chi connectivity index (χ4n) is 3.50. The van der Waals surface area contributed by atoms with Crippen molar-refractivity contribution in [2.75, 3.05) is 19.3 Å². The number of carbonyl (C=O) groups is 1. The SMILES string of the molecule is Cc1nc(C(=O)NCc2ccco2)c(C)n1C1CCN(S(C)(=O)=O)CC1. The molecule has 3 heterocycles. The maximum absolute atomic E-state index is 12.5. The molecule has 0 aromatic carbocycles. The van der Waals surface area contributed by atoms with Crippen molar-refractivity contribution in [3.63, 3.8) is 0 Å². The molecule has 0 spiro atoms. The smallest absolute Gasteiger partial charge is 0.272 e. The standard InChI is InChI=1S/C17H24N4O4S/c1-12-16(17(22)18-11-15-5-4-10-25-15)19-13(2)21(12)14-6-8-20(9-7-14)26(3,23)24/h4-5,10,14H,6-9,11H2,1-3H3,(H,18,22). The fraction of sp³-hybridized carbons (Fsp3) is 0.529. The number of nitrogens with one attached hydrogen (secondary N) is 1. The molecule has 0 aliphatic carbocycles. The van der Waals surface area contributed by atoms with E-state index < -0.39 is 10.0 Å². The Balaban J connectivity index is 1.71. The molecule has 0 radical (unpaired) electrons. The van der Waals surface area contributed by atoms with E-state index in [9.17, 15) is 13.2 Å². The highest BCUT2D eigenvalue weighted by Crippen LogP contribution is 2.27. The third-order valence-electron chi connectivity index (χ3n) is 4.80. The normalized spacial score (nSPS) is 16.7. The molecule has 1 saturated heterocycles. The van der Waals surface area contributed by atoms with Gasteiger partial charge in [-0.15, -0.1) is 0 Å². The molecule has 26 heavy (non-hydrogen) atoms. The molecule has 8 nitrogen and oxygen atoms in total. The van der Waals surface area contributed by atoms with Crippen molar-refractivity contribution in [1.82, 2.24) is 19.2 Å². The Morgan fingerprint density at radius 2 is 2.04 bits per heavy atom. The maximum Gasteiger partial charge on any atom is 0.272 e. The average molecular weight is 380 g/mol. The topological polar surface area (TPSA) is 97.4 Å². The molecule has 2 aromatic rings. The average Bonchev–Trinajstić information content (AvgIpc) is 3.20. The second-order valence-corrected chi connectivity index (χ2v) is 8.60. The van der Waals surface area contributed by atoms with Gasteiger partial charge in [0.2, 0.25) is 10.0 Å². The van der Waals surface area contributed by atoms with Gasteiger partial charge in [-0.1, -0.05) is 0 Å². The number of carbonyl (C=O) groups excluding carboxylic acids is 1. The molecule has 1 fully saturated rings. The van der Waals surface area contributed by atoms with Gasteiger partial charge in [-0.05, 0) is 38.8 Å². The highest BCUT2D eigenvalue weighted by Gasteiger charge is 2.29. The van der Waals surface area contributed by atoms with Crippen molar-refractivity contribution in [1.29, 1.82) is 0 Å². The van der Waals surface area contributed by atoms with E-state index in [1.165, 1.54) is 10.6 Å². The van der Waals surface area contributed by atoms with E-state index >= 15 is 0 Å². The first-order valence-electron chi connectivity index (χ1n) is 8.58. The van der Waals surface area contributed by atoms with Crippen LogP contribution in [0.5, 0.6) is 0 Å². The van der Waals surface area contributed by atoms with Crippen LogP contribution in [-0.2, 0) is 16.6 Å². The molecular weight excluding hydrogens is 356 g/mol. The van der Waals surface area contributed by atoms with Gasteiger partial charge in [0.05, 0.1) is 19.1 Å². The van der Waals surface area contributed by atoms with Gasteiger partial charge in [0.25, 0.3) is 5.91 Å². The number of hydrogen-bond donors (Lipinski definition) is 1. The Morgan fingerprint density at radius 3 is 2.62 bits per heavy atom. The van der Waals surface area contributed by atoms with Crippen molar-refractivity contribution in [2.24, 2.45) is 0 Å². The van der Waals surface area contributed by atoms with Crippen LogP contribution < -0.4 is 5.32 Å². The van der Waals surface area contributed by atoms with Crippen LogP contribution >= 0.6 is 0 Å². The molecule has 3 rings (SSSR count). The second-order valence-electron chi connectivity index (χ2n) is 6.62. The Bertz CT molecular complexity index is 878. The molecular formula is C17H24N4O4S. The lowest BCUT2D eigenvalue weighted by molar-refractivity contribution is 0.0942. The van der Waals surface area contributed by atoms with Crippen LogP contribution in [0.1, 0.15) is 46.7 Å². The zero-order valence-corrected chi connectivity index (χ0v) is 16.0. The van der Waals surface area contributed by atoms with Gasteiger partial charge in [0.1, 0.15) is 17.3 Å². The first kappa shape index (κ1) is 18.7. The molecule has 0 unspecified atom stereocenters. The van der Waals surface area contributed by atoms with Crippen LogP contribution in [0.4, 0.5) is 0 Å². The lowest BCUT2D eigenvalue weighted by Crippen LogP contribution is -2.38. The summed E-state index contributed by atoms with van der Waals surface area (Å²) in [5, 5.41) is 2.82. The van der Waals surface area contributed by atoms with Crippen LogP contribution in [-0.4, -0.2) is 47.5 Å². The zero-order valence-electron chi connectivity index (χ0n) is 15.2. The Labute approximate surface area is 153 Å². The number of amides is 1. The zero-order chi connectivity index (χ0) is 18.9. The summed E-state index contributed by atoms with van der Waals surface area (Å²) in [6, 6.07) is 3.72. The molecule has 0 bridgehead atoms. The minimum absolute atomic E-state index is 0.145. The van der Waals surface area contributed by atoms with Gasteiger partial charge in [-0.25, -0.2) is 17.7 Å². The van der Waals surface area contributed by atoms with Gasteiger partial charge in [0, 0.05) is 24.8 Å². The third-order valence-corrected chi connectivity index (χ3v) is 6.11. The van der Waals surface area contributed by atoms with E-state index in [-0.39, 0.29) is 11.9 Å². The van der Waals surface area contributed by atoms with Gasteiger partial charge in [0.15, 0.2) is 0 Å². The van der Waals surface area contributed by atoms with Crippen molar-refractivity contribution >= 4 is 15.9 Å². The summed E-state index contributed by atoms with van der Waals surface area (Å²) < 4.78 is 32.1. The van der Waals surface area contributed by atoms with Crippen molar-refractivity contribution in [3.8, 4) is 0 Å². The summed E-state index contributed by atoms with van der Waals surface area (Å²) in [7, 11) is -3.15. The van der Waals surface area contributed by atoms with Crippen LogP contribution in [0.3, 0.4) is 0 Å². The molecule has 1 aliphatic rings. The van der Waals surface area contributed by atoms with E-state index in [4.69, 9.17) is 4.42 Å². The van der Waals surface area contributed by atoms with Crippen molar-refractivity contribution < 1.29 is 17.6 Å². The van der Waals surface area contributed by atoms with Crippen molar-refractivity contribution in [2.45, 2.75) is 39.3 Å². The quantitative estimate of drug-likeness (QED) is 0.850. The highest BCUT2D eigenvalue weighted by atomic mass is 32.2. The van der Waals surface area contributed by atoms with Gasteiger partial charge in [-0.2, -0.15) is 0 Å². The monoisotopic (exact) mass is 380 g/mol. The minimum Gasteiger partial charge on any atom is -0.467 e. The van der Waals surface area contributed by atoms with Crippen LogP contribution in [0.15, 0.2) is 22.8 Å². The van der Waals surface area contributed by atoms with E-state index in [0.717, 1.165) is 11.5 Å². The molecule has 1 amide bonds. The number of furan rings is 1. The van der Waals surface area contributed by atoms with E-state index in [2.05, 4.69) is 14.9 Å². The van der Waals surface area contributed by atoms with E-state index in [1.54, 1.807) is 18.4 Å². The summed E-state index contributed by atoms with van der Waals surface area (Å²) in [6.07, 6.45) is 4.22. The molecule has 1 aliphatic heterocycles. The minimum atomic E-state index is -3.15. The lowest BCUT2D eigenvalue weighted by atomic mass is 10.1. The highest BCUT2D eigenvalue weighted by molar-refractivity contribution is 7.88. The fourth-order valence-corrected chi connectivity index (χ4v) is 4.38. The summed E-state index contributed by atoms with van der Waals surface area (Å²) in [5.41, 5.74) is 1.21. The number of rotatable bonds is 5. The lowest BCUT2D eigenvalue weighted by Gasteiger charge is -2.32. The molecule has 9 heteroatoms. The Kier molecular flexibility index (Phi) is 5.19. The van der Waals surface area contributed by atoms with Gasteiger partial charge < -0.3 is 14.3 Å². The number of sulfonamides is 1. The second kappa shape index (κ2) is 7.24. The summed E-state index contributed by atoms with van der Waals surface area (Å²) >= 11 is 0. The first-order chi connectivity index (χ1) is 12.3. The number of imidazole rings is 1. The summed E-state index contributed by atoms with van der Waals surface area (Å²) in [6.45, 7) is 5.04. The van der Waals surface area contributed by atoms with Crippen LogP contribution in [0.25, 0.3) is 0 Å². The Morgan fingerprint density at radius 1 is 1.35 bits per heavy atom. The van der Waals surface area contributed by atoms with E-state index in [0.29, 0.717) is 43.9 Å². The summed E-state index contributed by atoms with van der Waals surface area (Å²) in [4.78, 5) is 16.9. The molecule has 0 atom stereocenters. The maximum atomic E-state index is 12.5. The predicted molar refractivity (Wildman–Crippen MR) is 96.3 cm³/mol. The number of piperidine rings is 1. The number of aromatic nitrogens is 2. The molecule has 1 N–H and O–H groups in total. The molecule has 0 saturated carbocycles. The first-order valence-corrected chi connectivity index (χ1v) is 10.4. The number of hydrogen-bond acceptors (Lipinski definition) is 5. The molecule has 142 valence electrons. The van der Waals surface area contributed by atoms with E-state index in [1.807, 2.05) is 13.8 Å².